The minimum atomic E-state index is -0.133. The van der Waals surface area contributed by atoms with Crippen molar-refractivity contribution in [1.29, 1.82) is 0 Å². The highest BCUT2D eigenvalue weighted by molar-refractivity contribution is 6.17. The van der Waals surface area contributed by atoms with Gasteiger partial charge in [0.05, 0.1) is 7.11 Å². The van der Waals surface area contributed by atoms with Crippen LogP contribution in [-0.4, -0.2) is 22.8 Å². The number of halogens is 1. The van der Waals surface area contributed by atoms with Gasteiger partial charge in [-0.25, -0.2) is 4.68 Å². The molecule has 0 N–H and O–H groups in total. The van der Waals surface area contributed by atoms with Crippen LogP contribution < -0.4 is 10.3 Å². The van der Waals surface area contributed by atoms with Crippen LogP contribution in [0.25, 0.3) is 0 Å². The molecule has 0 saturated heterocycles. The minimum Gasteiger partial charge on any atom is -0.480 e. The first-order chi connectivity index (χ1) is 6.27. The first-order valence-corrected chi connectivity index (χ1v) is 4.49. The monoisotopic (exact) mass is 202 g/mol. The Hall–Kier alpha value is -1.03. The molecule has 4 nitrogen and oxygen atoms in total. The van der Waals surface area contributed by atoms with Crippen LogP contribution in [0.1, 0.15) is 6.42 Å². The second-order valence-electron chi connectivity index (χ2n) is 2.48. The highest BCUT2D eigenvalue weighted by Gasteiger charge is 1.98. The Bertz CT molecular complexity index is 324. The van der Waals surface area contributed by atoms with E-state index in [2.05, 4.69) is 5.10 Å². The molecule has 1 aromatic heterocycles. The molecule has 0 aromatic carbocycles. The molecular weight excluding hydrogens is 192 g/mol. The number of aromatic nitrogens is 2. The van der Waals surface area contributed by atoms with Crippen LogP contribution in [0.15, 0.2) is 16.9 Å². The summed E-state index contributed by atoms with van der Waals surface area (Å²) in [5.74, 6) is 0.958. The zero-order valence-corrected chi connectivity index (χ0v) is 8.12. The van der Waals surface area contributed by atoms with Crippen molar-refractivity contribution in [2.24, 2.45) is 0 Å². The molecule has 0 amide bonds. The maximum atomic E-state index is 11.2. The summed E-state index contributed by atoms with van der Waals surface area (Å²) in [6, 6.07) is 2.97. The summed E-state index contributed by atoms with van der Waals surface area (Å²) in [7, 11) is 1.51. The highest BCUT2D eigenvalue weighted by Crippen LogP contribution is 1.99. The van der Waals surface area contributed by atoms with E-state index in [-0.39, 0.29) is 5.56 Å². The maximum absolute atomic E-state index is 11.2. The van der Waals surface area contributed by atoms with Gasteiger partial charge in [0.1, 0.15) is 0 Å². The lowest BCUT2D eigenvalue weighted by Gasteiger charge is -2.03. The molecule has 0 saturated carbocycles. The predicted octanol–water partition coefficient (Wildman–Crippen LogP) is 0.881. The Morgan fingerprint density at radius 1 is 1.62 bits per heavy atom. The van der Waals surface area contributed by atoms with Gasteiger partial charge in [-0.15, -0.1) is 16.7 Å². The van der Waals surface area contributed by atoms with E-state index < -0.39 is 0 Å². The summed E-state index contributed by atoms with van der Waals surface area (Å²) in [4.78, 5) is 11.2. The number of nitrogens with zero attached hydrogens (tertiary/aromatic N) is 2. The Morgan fingerprint density at radius 3 is 3.00 bits per heavy atom. The van der Waals surface area contributed by atoms with Gasteiger partial charge in [-0.3, -0.25) is 4.79 Å². The number of hydrogen-bond donors (Lipinski definition) is 0. The van der Waals surface area contributed by atoms with E-state index in [9.17, 15) is 4.79 Å². The predicted molar refractivity (Wildman–Crippen MR) is 50.4 cm³/mol. The first-order valence-electron chi connectivity index (χ1n) is 3.96. The van der Waals surface area contributed by atoms with Gasteiger partial charge in [0.15, 0.2) is 0 Å². The molecule has 1 rings (SSSR count). The summed E-state index contributed by atoms with van der Waals surface area (Å²) in [6.07, 6.45) is 0.724. The van der Waals surface area contributed by atoms with Crippen molar-refractivity contribution in [1.82, 2.24) is 9.78 Å². The average molecular weight is 203 g/mol. The molecule has 0 atom stereocenters. The SMILES string of the molecule is COc1ccc(=O)n(CCCCl)n1. The van der Waals surface area contributed by atoms with Crippen LogP contribution in [0.5, 0.6) is 5.88 Å². The lowest BCUT2D eigenvalue weighted by atomic mass is 10.4. The molecule has 0 aliphatic rings. The maximum Gasteiger partial charge on any atom is 0.266 e. The topological polar surface area (TPSA) is 44.1 Å². The van der Waals surface area contributed by atoms with E-state index in [1.165, 1.54) is 17.9 Å². The molecule has 13 heavy (non-hydrogen) atoms. The van der Waals surface area contributed by atoms with E-state index in [0.717, 1.165) is 6.42 Å². The van der Waals surface area contributed by atoms with Crippen molar-refractivity contribution in [3.63, 3.8) is 0 Å². The van der Waals surface area contributed by atoms with Crippen molar-refractivity contribution in [2.45, 2.75) is 13.0 Å². The Morgan fingerprint density at radius 2 is 2.38 bits per heavy atom. The van der Waals surface area contributed by atoms with Crippen molar-refractivity contribution in [2.75, 3.05) is 13.0 Å². The normalized spacial score (nSPS) is 10.0. The molecule has 5 heteroatoms. The zero-order chi connectivity index (χ0) is 9.68. The Labute approximate surface area is 81.1 Å². The number of rotatable bonds is 4. The van der Waals surface area contributed by atoms with Gasteiger partial charge in [-0.1, -0.05) is 0 Å². The molecule has 0 radical (unpaired) electrons. The van der Waals surface area contributed by atoms with Gasteiger partial charge in [0, 0.05) is 24.6 Å². The van der Waals surface area contributed by atoms with Crippen molar-refractivity contribution in [3.8, 4) is 5.88 Å². The van der Waals surface area contributed by atoms with Crippen molar-refractivity contribution < 1.29 is 4.74 Å². The lowest BCUT2D eigenvalue weighted by Crippen LogP contribution is -2.22. The number of methoxy groups -OCH3 is 1. The summed E-state index contributed by atoms with van der Waals surface area (Å²) in [6.45, 7) is 0.527. The molecule has 0 bridgehead atoms. The standard InChI is InChI=1S/C8H11ClN2O2/c1-13-7-3-4-8(12)11(10-7)6-2-5-9/h3-4H,2,5-6H2,1H3. The fraction of sp³-hybridized carbons (Fsp3) is 0.500. The molecule has 72 valence electrons. The van der Waals surface area contributed by atoms with E-state index in [0.29, 0.717) is 18.3 Å². The minimum absolute atomic E-state index is 0.133. The Balaban J connectivity index is 2.84. The largest absolute Gasteiger partial charge is 0.480 e. The van der Waals surface area contributed by atoms with Crippen molar-refractivity contribution >= 4 is 11.6 Å². The summed E-state index contributed by atoms with van der Waals surface area (Å²) in [5, 5.41) is 3.95. The van der Waals surface area contributed by atoms with Crippen LogP contribution in [-0.2, 0) is 6.54 Å². The summed E-state index contributed by atoms with van der Waals surface area (Å²) < 4.78 is 6.23. The van der Waals surface area contributed by atoms with Crippen LogP contribution in [0, 0.1) is 0 Å². The fourth-order valence-electron chi connectivity index (χ4n) is 0.909. The second kappa shape index (κ2) is 4.87. The molecule has 0 spiro atoms. The molecule has 0 aliphatic heterocycles. The second-order valence-corrected chi connectivity index (χ2v) is 2.86. The molecule has 0 fully saturated rings. The highest BCUT2D eigenvalue weighted by atomic mass is 35.5. The van der Waals surface area contributed by atoms with Gasteiger partial charge in [0.2, 0.25) is 5.88 Å². The van der Waals surface area contributed by atoms with Crippen LogP contribution in [0.2, 0.25) is 0 Å². The van der Waals surface area contributed by atoms with Gasteiger partial charge in [-0.2, -0.15) is 0 Å². The smallest absolute Gasteiger partial charge is 0.266 e. The lowest BCUT2D eigenvalue weighted by molar-refractivity contribution is 0.375. The third-order valence-electron chi connectivity index (χ3n) is 1.55. The molecule has 0 aliphatic carbocycles. The van der Waals surface area contributed by atoms with Crippen molar-refractivity contribution in [3.05, 3.63) is 22.5 Å². The quantitative estimate of drug-likeness (QED) is 0.681. The third kappa shape index (κ3) is 2.73. The zero-order valence-electron chi connectivity index (χ0n) is 7.36. The van der Waals surface area contributed by atoms with Crippen LogP contribution in [0.4, 0.5) is 0 Å². The number of alkyl halides is 1. The number of aryl methyl sites for hydroxylation is 1. The van der Waals surface area contributed by atoms with E-state index in [1.807, 2.05) is 0 Å². The Kier molecular flexibility index (Phi) is 3.76. The summed E-state index contributed by atoms with van der Waals surface area (Å²) >= 11 is 5.50. The fourth-order valence-corrected chi connectivity index (χ4v) is 1.03. The number of ether oxygens (including phenoxy) is 1. The number of hydrogen-bond acceptors (Lipinski definition) is 3. The molecule has 1 heterocycles. The van der Waals surface area contributed by atoms with Crippen LogP contribution in [0.3, 0.4) is 0 Å². The van der Waals surface area contributed by atoms with E-state index in [1.54, 1.807) is 6.07 Å². The molecular formula is C8H11ClN2O2. The van der Waals surface area contributed by atoms with Gasteiger partial charge in [0.25, 0.3) is 5.56 Å². The summed E-state index contributed by atoms with van der Waals surface area (Å²) in [5.41, 5.74) is -0.133. The molecule has 0 unspecified atom stereocenters. The van der Waals surface area contributed by atoms with E-state index >= 15 is 0 Å². The van der Waals surface area contributed by atoms with Gasteiger partial charge in [-0.05, 0) is 6.42 Å². The van der Waals surface area contributed by atoms with E-state index in [4.69, 9.17) is 16.3 Å². The van der Waals surface area contributed by atoms with Gasteiger partial charge < -0.3 is 4.74 Å². The average Bonchev–Trinajstić information content (AvgIpc) is 2.17. The third-order valence-corrected chi connectivity index (χ3v) is 1.82. The molecule has 1 aromatic rings. The van der Waals surface area contributed by atoms with Gasteiger partial charge >= 0.3 is 0 Å². The van der Waals surface area contributed by atoms with Crippen LogP contribution >= 0.6 is 11.6 Å². The first kappa shape index (κ1) is 10.1.